The van der Waals surface area contributed by atoms with Gasteiger partial charge >= 0.3 is 0 Å². The zero-order chi connectivity index (χ0) is 9.40. The smallest absolute Gasteiger partial charge is 0.207 e. The summed E-state index contributed by atoms with van der Waals surface area (Å²) in [4.78, 5) is 13.9. The van der Waals surface area contributed by atoms with Crippen LogP contribution in [0.4, 0.5) is 0 Å². The van der Waals surface area contributed by atoms with E-state index in [-0.39, 0.29) is 0 Å². The van der Waals surface area contributed by atoms with E-state index in [2.05, 4.69) is 10.3 Å². The summed E-state index contributed by atoms with van der Waals surface area (Å²) in [5.74, 6) is 0.513. The molecule has 68 valence electrons. The number of allylic oxidation sites excluding steroid dienone is 1. The summed E-state index contributed by atoms with van der Waals surface area (Å²) in [6.45, 7) is 4.31. The van der Waals surface area contributed by atoms with Crippen molar-refractivity contribution in [1.29, 1.82) is 0 Å². The van der Waals surface area contributed by atoms with Gasteiger partial charge in [-0.2, -0.15) is 0 Å². The molecule has 4 heteroatoms. The highest BCUT2D eigenvalue weighted by molar-refractivity contribution is 5.83. The van der Waals surface area contributed by atoms with E-state index in [0.717, 1.165) is 12.1 Å². The van der Waals surface area contributed by atoms with Crippen LogP contribution in [0.15, 0.2) is 16.9 Å². The van der Waals surface area contributed by atoms with Gasteiger partial charge in [0.25, 0.3) is 0 Å². The van der Waals surface area contributed by atoms with E-state index >= 15 is 0 Å². The number of aliphatic imine (C=N–C) groups is 1. The number of nitrogens with zero attached hydrogens (tertiary/aromatic N) is 1. The Labute approximate surface area is 72.6 Å². The summed E-state index contributed by atoms with van der Waals surface area (Å²) in [5.41, 5.74) is 6.38. The first-order valence-electron chi connectivity index (χ1n) is 3.83. The average molecular weight is 169 g/mol. The van der Waals surface area contributed by atoms with Crippen molar-refractivity contribution < 1.29 is 4.79 Å². The second kappa shape index (κ2) is 6.39. The van der Waals surface area contributed by atoms with Gasteiger partial charge in [0.1, 0.15) is 5.82 Å². The van der Waals surface area contributed by atoms with E-state index in [1.807, 2.05) is 13.8 Å². The number of nitrogens with one attached hydrogen (secondary N) is 1. The summed E-state index contributed by atoms with van der Waals surface area (Å²) in [6.07, 6.45) is 3.14. The predicted molar refractivity (Wildman–Crippen MR) is 49.7 cm³/mol. The fourth-order valence-electron chi connectivity index (χ4n) is 0.653. The predicted octanol–water partition coefficient (Wildman–Crippen LogP) is 0.403. The van der Waals surface area contributed by atoms with Crippen molar-refractivity contribution in [2.45, 2.75) is 20.3 Å². The maximum absolute atomic E-state index is 9.88. The minimum Gasteiger partial charge on any atom is -0.384 e. The molecule has 0 atom stereocenters. The number of carbonyl (C=O) groups is 1. The van der Waals surface area contributed by atoms with Crippen molar-refractivity contribution in [3.05, 3.63) is 11.9 Å². The standard InChI is InChI=1S/C8H15N3O/c1-3-8(9)11-7(2)4-5-10-6-12/h3,6H,4-5,9H2,1-2H3,(H,10,12)/b8-3-,11-7?. The van der Waals surface area contributed by atoms with Gasteiger partial charge in [0.05, 0.1) is 0 Å². The van der Waals surface area contributed by atoms with Gasteiger partial charge in [0.2, 0.25) is 6.41 Å². The minimum absolute atomic E-state index is 0.513. The summed E-state index contributed by atoms with van der Waals surface area (Å²) < 4.78 is 0. The van der Waals surface area contributed by atoms with Gasteiger partial charge < -0.3 is 11.1 Å². The van der Waals surface area contributed by atoms with Crippen molar-refractivity contribution in [2.24, 2.45) is 10.7 Å². The van der Waals surface area contributed by atoms with Crippen LogP contribution >= 0.6 is 0 Å². The first-order valence-corrected chi connectivity index (χ1v) is 3.83. The van der Waals surface area contributed by atoms with Crippen molar-refractivity contribution in [1.82, 2.24) is 5.32 Å². The molecule has 0 saturated carbocycles. The maximum atomic E-state index is 9.88. The highest BCUT2D eigenvalue weighted by Crippen LogP contribution is 1.90. The number of nitrogens with two attached hydrogens (primary N) is 1. The molecular formula is C8H15N3O. The molecule has 3 N–H and O–H groups in total. The van der Waals surface area contributed by atoms with E-state index in [4.69, 9.17) is 5.73 Å². The minimum atomic E-state index is 0.513. The second-order valence-electron chi connectivity index (χ2n) is 2.38. The number of hydrogen-bond donors (Lipinski definition) is 2. The molecule has 0 radical (unpaired) electrons. The van der Waals surface area contributed by atoms with Crippen molar-refractivity contribution in [3.8, 4) is 0 Å². The SMILES string of the molecule is C/C=C(/N)N=C(C)CCNC=O. The lowest BCUT2D eigenvalue weighted by Gasteiger charge is -1.99. The normalized spacial score (nSPS) is 12.8. The average Bonchev–Trinajstić information content (AvgIpc) is 2.05. The summed E-state index contributed by atoms with van der Waals surface area (Å²) in [6, 6.07) is 0. The first-order chi connectivity index (χ1) is 5.70. The van der Waals surface area contributed by atoms with Crippen LogP contribution in [0, 0.1) is 0 Å². The lowest BCUT2D eigenvalue weighted by molar-refractivity contribution is -0.109. The van der Waals surface area contributed by atoms with Crippen LogP contribution in [-0.4, -0.2) is 18.7 Å². The molecule has 0 unspecified atom stereocenters. The van der Waals surface area contributed by atoms with Gasteiger partial charge in [-0.15, -0.1) is 0 Å². The molecule has 0 spiro atoms. The fourth-order valence-corrected chi connectivity index (χ4v) is 0.653. The summed E-state index contributed by atoms with van der Waals surface area (Å²) >= 11 is 0. The monoisotopic (exact) mass is 169 g/mol. The van der Waals surface area contributed by atoms with Crippen molar-refractivity contribution in [2.75, 3.05) is 6.54 Å². The van der Waals surface area contributed by atoms with Gasteiger partial charge in [-0.25, -0.2) is 4.99 Å². The van der Waals surface area contributed by atoms with Crippen LogP contribution in [0.5, 0.6) is 0 Å². The van der Waals surface area contributed by atoms with E-state index < -0.39 is 0 Å². The molecule has 0 fully saturated rings. The summed E-state index contributed by atoms with van der Waals surface area (Å²) in [5, 5.41) is 2.55. The van der Waals surface area contributed by atoms with Crippen LogP contribution < -0.4 is 11.1 Å². The van der Waals surface area contributed by atoms with Gasteiger partial charge in [-0.3, -0.25) is 4.79 Å². The lowest BCUT2D eigenvalue weighted by Crippen LogP contribution is -2.15. The Balaban J connectivity index is 3.77. The van der Waals surface area contributed by atoms with Crippen molar-refractivity contribution in [3.63, 3.8) is 0 Å². The molecule has 0 aromatic heterocycles. The topological polar surface area (TPSA) is 67.5 Å². The highest BCUT2D eigenvalue weighted by atomic mass is 16.1. The lowest BCUT2D eigenvalue weighted by atomic mass is 10.3. The number of hydrogen-bond acceptors (Lipinski definition) is 3. The molecular weight excluding hydrogens is 154 g/mol. The summed E-state index contributed by atoms with van der Waals surface area (Å²) in [7, 11) is 0. The van der Waals surface area contributed by atoms with E-state index in [1.165, 1.54) is 0 Å². The van der Waals surface area contributed by atoms with Crippen LogP contribution in [0.3, 0.4) is 0 Å². The Morgan fingerprint density at radius 1 is 1.67 bits per heavy atom. The third-order valence-electron chi connectivity index (χ3n) is 1.33. The Morgan fingerprint density at radius 3 is 2.83 bits per heavy atom. The number of rotatable bonds is 5. The zero-order valence-corrected chi connectivity index (χ0v) is 7.50. The van der Waals surface area contributed by atoms with Crippen LogP contribution in [-0.2, 0) is 4.79 Å². The molecule has 4 nitrogen and oxygen atoms in total. The molecule has 1 amide bonds. The number of carbonyl (C=O) groups excluding carboxylic acids is 1. The van der Waals surface area contributed by atoms with Crippen LogP contribution in [0.25, 0.3) is 0 Å². The van der Waals surface area contributed by atoms with E-state index in [1.54, 1.807) is 6.08 Å². The first kappa shape index (κ1) is 10.7. The molecule has 0 saturated heterocycles. The molecule has 0 aliphatic carbocycles. The molecule has 0 aromatic carbocycles. The maximum Gasteiger partial charge on any atom is 0.207 e. The second-order valence-corrected chi connectivity index (χ2v) is 2.38. The zero-order valence-electron chi connectivity index (χ0n) is 7.50. The third kappa shape index (κ3) is 5.46. The van der Waals surface area contributed by atoms with Crippen LogP contribution in [0.2, 0.25) is 0 Å². The van der Waals surface area contributed by atoms with Gasteiger partial charge in [0.15, 0.2) is 0 Å². The number of amides is 1. The molecule has 0 aliphatic heterocycles. The van der Waals surface area contributed by atoms with Crippen LogP contribution in [0.1, 0.15) is 20.3 Å². The third-order valence-corrected chi connectivity index (χ3v) is 1.33. The molecule has 0 heterocycles. The Kier molecular flexibility index (Phi) is 5.69. The van der Waals surface area contributed by atoms with Crippen molar-refractivity contribution >= 4 is 12.1 Å². The quantitative estimate of drug-likeness (QED) is 0.355. The van der Waals surface area contributed by atoms with E-state index in [9.17, 15) is 4.79 Å². The van der Waals surface area contributed by atoms with E-state index in [0.29, 0.717) is 18.8 Å². The molecule has 0 aliphatic rings. The fraction of sp³-hybridized carbons (Fsp3) is 0.500. The molecule has 12 heavy (non-hydrogen) atoms. The highest BCUT2D eigenvalue weighted by Gasteiger charge is 1.90. The molecule has 0 aromatic rings. The Bertz CT molecular complexity index is 196. The molecule has 0 rings (SSSR count). The van der Waals surface area contributed by atoms with Gasteiger partial charge in [0, 0.05) is 18.7 Å². The van der Waals surface area contributed by atoms with Gasteiger partial charge in [-0.05, 0) is 19.9 Å². The Hall–Kier alpha value is -1.32. The Morgan fingerprint density at radius 2 is 2.33 bits per heavy atom. The van der Waals surface area contributed by atoms with Gasteiger partial charge in [-0.1, -0.05) is 0 Å². The molecule has 0 bridgehead atoms. The largest absolute Gasteiger partial charge is 0.384 e.